The van der Waals surface area contributed by atoms with Gasteiger partial charge in [0.25, 0.3) is 0 Å². The standard InChI is InChI=1S/C9H14N4O3S/c1-6(2)13-5-11-12-9(13)17-4-7(14)10-3-8(15)16/h5-6H,3-4H2,1-2H3,(H,10,14)(H,15,16). The summed E-state index contributed by atoms with van der Waals surface area (Å²) in [6.07, 6.45) is 1.60. The van der Waals surface area contributed by atoms with Gasteiger partial charge in [0.15, 0.2) is 5.16 Å². The third-order valence-electron chi connectivity index (χ3n) is 1.87. The second kappa shape index (κ2) is 6.24. The molecule has 0 bridgehead atoms. The quantitative estimate of drug-likeness (QED) is 0.705. The number of rotatable bonds is 6. The molecule has 0 atom stereocenters. The maximum atomic E-state index is 11.3. The Hall–Kier alpha value is -1.57. The van der Waals surface area contributed by atoms with Crippen molar-refractivity contribution in [1.82, 2.24) is 20.1 Å². The Morgan fingerprint density at radius 3 is 2.88 bits per heavy atom. The van der Waals surface area contributed by atoms with E-state index in [0.29, 0.717) is 5.16 Å². The molecule has 17 heavy (non-hydrogen) atoms. The zero-order chi connectivity index (χ0) is 12.8. The molecule has 0 aliphatic carbocycles. The summed E-state index contributed by atoms with van der Waals surface area (Å²) >= 11 is 1.23. The van der Waals surface area contributed by atoms with Gasteiger partial charge in [0.05, 0.1) is 5.75 Å². The van der Waals surface area contributed by atoms with E-state index in [4.69, 9.17) is 5.11 Å². The lowest BCUT2D eigenvalue weighted by Crippen LogP contribution is -2.30. The van der Waals surface area contributed by atoms with Crippen LogP contribution in [-0.4, -0.2) is 44.0 Å². The zero-order valence-electron chi connectivity index (χ0n) is 9.58. The third-order valence-corrected chi connectivity index (χ3v) is 2.82. The summed E-state index contributed by atoms with van der Waals surface area (Å²) in [7, 11) is 0. The highest BCUT2D eigenvalue weighted by molar-refractivity contribution is 7.99. The van der Waals surface area contributed by atoms with E-state index in [2.05, 4.69) is 15.5 Å². The fraction of sp³-hybridized carbons (Fsp3) is 0.556. The summed E-state index contributed by atoms with van der Waals surface area (Å²) in [5, 5.41) is 18.9. The van der Waals surface area contributed by atoms with Gasteiger partial charge in [-0.05, 0) is 13.8 Å². The molecule has 8 heteroatoms. The van der Waals surface area contributed by atoms with Crippen molar-refractivity contribution >= 4 is 23.6 Å². The summed E-state index contributed by atoms with van der Waals surface area (Å²) in [4.78, 5) is 21.5. The second-order valence-corrected chi connectivity index (χ2v) is 4.52. The Balaban J connectivity index is 2.42. The number of carboxylic acids is 1. The van der Waals surface area contributed by atoms with Crippen LogP contribution in [0.25, 0.3) is 0 Å². The average molecular weight is 258 g/mol. The lowest BCUT2D eigenvalue weighted by atomic mass is 10.4. The first-order valence-electron chi connectivity index (χ1n) is 5.01. The first-order valence-corrected chi connectivity index (χ1v) is 6.00. The van der Waals surface area contributed by atoms with E-state index in [1.54, 1.807) is 6.33 Å². The van der Waals surface area contributed by atoms with E-state index in [0.717, 1.165) is 0 Å². The van der Waals surface area contributed by atoms with Gasteiger partial charge >= 0.3 is 5.97 Å². The molecule has 1 rings (SSSR count). The van der Waals surface area contributed by atoms with E-state index in [9.17, 15) is 9.59 Å². The van der Waals surface area contributed by atoms with Gasteiger partial charge in [-0.3, -0.25) is 9.59 Å². The minimum atomic E-state index is -1.06. The van der Waals surface area contributed by atoms with Crippen LogP contribution in [0.1, 0.15) is 19.9 Å². The molecule has 1 aromatic rings. The van der Waals surface area contributed by atoms with Crippen molar-refractivity contribution in [3.63, 3.8) is 0 Å². The highest BCUT2D eigenvalue weighted by Gasteiger charge is 2.10. The van der Waals surface area contributed by atoms with E-state index in [1.165, 1.54) is 11.8 Å². The normalized spacial score (nSPS) is 10.5. The SMILES string of the molecule is CC(C)n1cnnc1SCC(=O)NCC(=O)O. The van der Waals surface area contributed by atoms with Crippen LogP contribution in [0.15, 0.2) is 11.5 Å². The fourth-order valence-electron chi connectivity index (χ4n) is 1.04. The average Bonchev–Trinajstić information content (AvgIpc) is 2.71. The van der Waals surface area contributed by atoms with Crippen LogP contribution in [-0.2, 0) is 9.59 Å². The summed E-state index contributed by atoms with van der Waals surface area (Å²) in [6, 6.07) is 0.217. The van der Waals surface area contributed by atoms with Crippen molar-refractivity contribution in [2.75, 3.05) is 12.3 Å². The number of hydrogen-bond donors (Lipinski definition) is 2. The van der Waals surface area contributed by atoms with Crippen LogP contribution in [0.2, 0.25) is 0 Å². The molecular formula is C9H14N4O3S. The Morgan fingerprint density at radius 2 is 2.29 bits per heavy atom. The molecule has 2 N–H and O–H groups in total. The van der Waals surface area contributed by atoms with Crippen LogP contribution < -0.4 is 5.32 Å². The minimum absolute atomic E-state index is 0.124. The maximum Gasteiger partial charge on any atom is 0.322 e. The molecule has 0 radical (unpaired) electrons. The van der Waals surface area contributed by atoms with Crippen LogP contribution >= 0.6 is 11.8 Å². The molecule has 7 nitrogen and oxygen atoms in total. The number of hydrogen-bond acceptors (Lipinski definition) is 5. The van der Waals surface area contributed by atoms with Gasteiger partial charge in [-0.25, -0.2) is 0 Å². The first kappa shape index (κ1) is 13.5. The molecule has 1 aromatic heterocycles. The van der Waals surface area contributed by atoms with Gasteiger partial charge in [0.1, 0.15) is 12.9 Å². The van der Waals surface area contributed by atoms with Crippen molar-refractivity contribution in [3.05, 3.63) is 6.33 Å². The predicted molar refractivity (Wildman–Crippen MR) is 61.8 cm³/mol. The summed E-state index contributed by atoms with van der Waals surface area (Å²) in [5.41, 5.74) is 0. The van der Waals surface area contributed by atoms with E-state index in [-0.39, 0.29) is 24.2 Å². The molecule has 0 fully saturated rings. The fourth-order valence-corrected chi connectivity index (χ4v) is 1.92. The summed E-state index contributed by atoms with van der Waals surface area (Å²) in [6.45, 7) is 3.60. The molecular weight excluding hydrogens is 244 g/mol. The predicted octanol–water partition coefficient (Wildman–Crippen LogP) is 0.152. The largest absolute Gasteiger partial charge is 0.480 e. The maximum absolute atomic E-state index is 11.3. The molecule has 0 aromatic carbocycles. The lowest BCUT2D eigenvalue weighted by Gasteiger charge is -2.08. The van der Waals surface area contributed by atoms with Gasteiger partial charge in [-0.15, -0.1) is 10.2 Å². The molecule has 1 amide bonds. The molecule has 94 valence electrons. The van der Waals surface area contributed by atoms with Crippen molar-refractivity contribution in [2.45, 2.75) is 25.0 Å². The van der Waals surface area contributed by atoms with Gasteiger partial charge in [-0.2, -0.15) is 0 Å². The van der Waals surface area contributed by atoms with Crippen LogP contribution in [0.3, 0.4) is 0 Å². The first-order chi connectivity index (χ1) is 8.00. The summed E-state index contributed by atoms with van der Waals surface area (Å²) in [5.74, 6) is -1.27. The highest BCUT2D eigenvalue weighted by atomic mass is 32.2. The number of nitrogens with one attached hydrogen (secondary N) is 1. The molecule has 0 saturated heterocycles. The molecule has 0 saturated carbocycles. The smallest absolute Gasteiger partial charge is 0.322 e. The Bertz CT molecular complexity index is 405. The number of amides is 1. The number of carbonyl (C=O) groups is 2. The zero-order valence-corrected chi connectivity index (χ0v) is 10.4. The van der Waals surface area contributed by atoms with Crippen molar-refractivity contribution in [2.24, 2.45) is 0 Å². The number of carboxylic acid groups (broad SMARTS) is 1. The van der Waals surface area contributed by atoms with Crippen molar-refractivity contribution < 1.29 is 14.7 Å². The summed E-state index contributed by atoms with van der Waals surface area (Å²) < 4.78 is 1.84. The highest BCUT2D eigenvalue weighted by Crippen LogP contribution is 2.18. The Labute approximate surface area is 103 Å². The van der Waals surface area contributed by atoms with Gasteiger partial charge in [0, 0.05) is 6.04 Å². The van der Waals surface area contributed by atoms with E-state index < -0.39 is 5.97 Å². The number of thioether (sulfide) groups is 1. The van der Waals surface area contributed by atoms with E-state index >= 15 is 0 Å². The molecule has 0 unspecified atom stereocenters. The number of aliphatic carboxylic acids is 1. The number of carbonyl (C=O) groups excluding carboxylic acids is 1. The molecule has 1 heterocycles. The molecule has 0 spiro atoms. The Morgan fingerprint density at radius 1 is 1.59 bits per heavy atom. The monoisotopic (exact) mass is 258 g/mol. The van der Waals surface area contributed by atoms with Crippen molar-refractivity contribution in [1.29, 1.82) is 0 Å². The van der Waals surface area contributed by atoms with E-state index in [1.807, 2.05) is 18.4 Å². The third kappa shape index (κ3) is 4.43. The van der Waals surface area contributed by atoms with Crippen molar-refractivity contribution in [3.8, 4) is 0 Å². The molecule has 0 aliphatic heterocycles. The number of aromatic nitrogens is 3. The van der Waals surface area contributed by atoms with Crippen LogP contribution in [0.4, 0.5) is 0 Å². The topological polar surface area (TPSA) is 97.1 Å². The van der Waals surface area contributed by atoms with Crippen LogP contribution in [0.5, 0.6) is 0 Å². The number of nitrogens with zero attached hydrogens (tertiary/aromatic N) is 3. The van der Waals surface area contributed by atoms with Gasteiger partial charge in [0.2, 0.25) is 5.91 Å². The molecule has 0 aliphatic rings. The second-order valence-electron chi connectivity index (χ2n) is 3.57. The van der Waals surface area contributed by atoms with Gasteiger partial charge in [-0.1, -0.05) is 11.8 Å². The minimum Gasteiger partial charge on any atom is -0.480 e. The van der Waals surface area contributed by atoms with Crippen LogP contribution in [0, 0.1) is 0 Å². The Kier molecular flexibility index (Phi) is 4.95. The lowest BCUT2D eigenvalue weighted by molar-refractivity contribution is -0.137. The van der Waals surface area contributed by atoms with Gasteiger partial charge < -0.3 is 15.0 Å².